The summed E-state index contributed by atoms with van der Waals surface area (Å²) in [6.07, 6.45) is 3.28. The lowest BCUT2D eigenvalue weighted by molar-refractivity contribution is 0.414. The molecule has 0 bridgehead atoms. The molecule has 2 heterocycles. The van der Waals surface area contributed by atoms with Gasteiger partial charge in [0, 0.05) is 25.0 Å². The maximum Gasteiger partial charge on any atom is 0.194 e. The number of methoxy groups -OCH3 is 1. The van der Waals surface area contributed by atoms with Crippen molar-refractivity contribution in [2.45, 2.75) is 26.8 Å². The zero-order valence-electron chi connectivity index (χ0n) is 15.9. The first-order valence-corrected chi connectivity index (χ1v) is 9.64. The molecule has 0 fully saturated rings. The summed E-state index contributed by atoms with van der Waals surface area (Å²) in [5.74, 6) is 1.84. The van der Waals surface area contributed by atoms with Crippen LogP contribution in [-0.4, -0.2) is 43.1 Å². The van der Waals surface area contributed by atoms with Gasteiger partial charge in [-0.05, 0) is 43.5 Å². The summed E-state index contributed by atoms with van der Waals surface area (Å²) in [6.45, 7) is 6.68. The fraction of sp³-hybridized carbons (Fsp3) is 0.400. The van der Waals surface area contributed by atoms with Crippen molar-refractivity contribution in [1.29, 1.82) is 0 Å². The molecule has 5 nitrogen and oxygen atoms in total. The van der Waals surface area contributed by atoms with Crippen molar-refractivity contribution in [2.75, 3.05) is 27.2 Å². The molecule has 0 saturated carbocycles. The van der Waals surface area contributed by atoms with E-state index < -0.39 is 0 Å². The average Bonchev–Trinajstić information content (AvgIpc) is 3.00. The normalized spacial score (nSPS) is 15.0. The predicted octanol–water partition coefficient (Wildman–Crippen LogP) is 3.63. The third-order valence-corrected chi connectivity index (χ3v) is 5.64. The van der Waals surface area contributed by atoms with E-state index in [0.717, 1.165) is 48.5 Å². The molecule has 138 valence electrons. The summed E-state index contributed by atoms with van der Waals surface area (Å²) in [7, 11) is 3.55. The number of rotatable bonds is 4. The Balaban J connectivity index is 1.63. The molecule has 0 radical (unpaired) electrons. The molecule has 1 N–H and O–H groups in total. The van der Waals surface area contributed by atoms with Gasteiger partial charge in [0.15, 0.2) is 5.96 Å². The second-order valence-electron chi connectivity index (χ2n) is 6.30. The van der Waals surface area contributed by atoms with E-state index in [4.69, 9.17) is 4.74 Å². The number of aryl methyl sites for hydroxylation is 2. The minimum atomic E-state index is 0.771. The standard InChI is InChI=1S/C20H26N4OS/c1-14-19(26-15(2)23-14)13-22-20(21-3)24-10-8-16(9-11-24)17-6-5-7-18(12-17)25-4/h5-8,12H,9-11,13H2,1-4H3,(H,21,22). The van der Waals surface area contributed by atoms with Gasteiger partial charge in [-0.1, -0.05) is 18.2 Å². The summed E-state index contributed by atoms with van der Waals surface area (Å²) in [4.78, 5) is 12.5. The lowest BCUT2D eigenvalue weighted by Crippen LogP contribution is -2.43. The molecule has 1 aliphatic rings. The molecule has 1 aromatic carbocycles. The Kier molecular flexibility index (Phi) is 5.93. The largest absolute Gasteiger partial charge is 0.497 e. The molecule has 3 rings (SSSR count). The summed E-state index contributed by atoms with van der Waals surface area (Å²) in [5, 5.41) is 4.59. The first-order chi connectivity index (χ1) is 12.6. The summed E-state index contributed by atoms with van der Waals surface area (Å²) in [5.41, 5.74) is 3.71. The van der Waals surface area contributed by atoms with Crippen LogP contribution >= 0.6 is 11.3 Å². The second kappa shape index (κ2) is 8.36. The van der Waals surface area contributed by atoms with Crippen LogP contribution in [0.1, 0.15) is 27.6 Å². The highest BCUT2D eigenvalue weighted by molar-refractivity contribution is 7.11. The van der Waals surface area contributed by atoms with E-state index in [1.807, 2.05) is 26.1 Å². The van der Waals surface area contributed by atoms with Crippen molar-refractivity contribution in [1.82, 2.24) is 15.2 Å². The first kappa shape index (κ1) is 18.5. The number of guanidine groups is 1. The molecule has 0 unspecified atom stereocenters. The van der Waals surface area contributed by atoms with Gasteiger partial charge in [-0.25, -0.2) is 4.98 Å². The Hall–Kier alpha value is -2.34. The number of thiazole rings is 1. The van der Waals surface area contributed by atoms with Crippen LogP contribution in [0.4, 0.5) is 0 Å². The van der Waals surface area contributed by atoms with Crippen molar-refractivity contribution in [3.8, 4) is 5.75 Å². The van der Waals surface area contributed by atoms with Crippen LogP contribution < -0.4 is 10.1 Å². The van der Waals surface area contributed by atoms with Crippen LogP contribution in [0.2, 0.25) is 0 Å². The van der Waals surface area contributed by atoms with Crippen LogP contribution in [-0.2, 0) is 6.54 Å². The Labute approximate surface area is 159 Å². The van der Waals surface area contributed by atoms with Crippen LogP contribution in [0, 0.1) is 13.8 Å². The fourth-order valence-electron chi connectivity index (χ4n) is 3.18. The molecule has 2 aromatic rings. The summed E-state index contributed by atoms with van der Waals surface area (Å²) < 4.78 is 5.34. The van der Waals surface area contributed by atoms with Gasteiger partial charge >= 0.3 is 0 Å². The Morgan fingerprint density at radius 3 is 2.85 bits per heavy atom. The van der Waals surface area contributed by atoms with Crippen LogP contribution in [0.15, 0.2) is 35.3 Å². The number of nitrogens with one attached hydrogen (secondary N) is 1. The lowest BCUT2D eigenvalue weighted by Gasteiger charge is -2.29. The van der Waals surface area contributed by atoms with Crippen molar-refractivity contribution < 1.29 is 4.74 Å². The number of benzene rings is 1. The van der Waals surface area contributed by atoms with Gasteiger partial charge in [0.1, 0.15) is 5.75 Å². The molecule has 6 heteroatoms. The molecular weight excluding hydrogens is 344 g/mol. The number of ether oxygens (including phenoxy) is 1. The van der Waals surface area contributed by atoms with Crippen LogP contribution in [0.5, 0.6) is 5.75 Å². The number of aromatic nitrogens is 1. The van der Waals surface area contributed by atoms with Gasteiger partial charge in [0.05, 0.1) is 24.4 Å². The first-order valence-electron chi connectivity index (χ1n) is 8.82. The zero-order valence-corrected chi connectivity index (χ0v) is 16.7. The minimum Gasteiger partial charge on any atom is -0.497 e. The quantitative estimate of drug-likeness (QED) is 0.659. The molecule has 0 atom stereocenters. The number of aliphatic imine (C=N–C) groups is 1. The Morgan fingerprint density at radius 2 is 2.23 bits per heavy atom. The topological polar surface area (TPSA) is 49.8 Å². The summed E-state index contributed by atoms with van der Waals surface area (Å²) in [6, 6.07) is 8.27. The van der Waals surface area contributed by atoms with Gasteiger partial charge < -0.3 is 15.0 Å². The number of hydrogen-bond donors (Lipinski definition) is 1. The SMILES string of the molecule is CN=C(NCc1sc(C)nc1C)N1CC=C(c2cccc(OC)c2)CC1. The van der Waals surface area contributed by atoms with Gasteiger partial charge in [-0.3, -0.25) is 4.99 Å². The van der Waals surface area contributed by atoms with Gasteiger partial charge in [0.25, 0.3) is 0 Å². The molecule has 0 spiro atoms. The average molecular weight is 371 g/mol. The molecule has 0 amide bonds. The predicted molar refractivity (Wildman–Crippen MR) is 109 cm³/mol. The monoisotopic (exact) mass is 370 g/mol. The van der Waals surface area contributed by atoms with E-state index in [2.05, 4.69) is 45.3 Å². The molecule has 1 aliphatic heterocycles. The number of hydrogen-bond acceptors (Lipinski definition) is 4. The highest BCUT2D eigenvalue weighted by atomic mass is 32.1. The van der Waals surface area contributed by atoms with E-state index in [1.165, 1.54) is 16.0 Å². The smallest absolute Gasteiger partial charge is 0.194 e. The van der Waals surface area contributed by atoms with E-state index in [1.54, 1.807) is 18.4 Å². The molecule has 1 aromatic heterocycles. The molecule has 0 saturated heterocycles. The zero-order chi connectivity index (χ0) is 18.5. The third-order valence-electron chi connectivity index (χ3n) is 4.57. The van der Waals surface area contributed by atoms with Gasteiger partial charge in [0.2, 0.25) is 0 Å². The summed E-state index contributed by atoms with van der Waals surface area (Å²) >= 11 is 1.74. The Bertz CT molecular complexity index is 825. The van der Waals surface area contributed by atoms with E-state index in [0.29, 0.717) is 0 Å². The van der Waals surface area contributed by atoms with E-state index in [9.17, 15) is 0 Å². The van der Waals surface area contributed by atoms with Gasteiger partial charge in [-0.2, -0.15) is 0 Å². The highest BCUT2D eigenvalue weighted by Crippen LogP contribution is 2.25. The minimum absolute atomic E-state index is 0.771. The van der Waals surface area contributed by atoms with Gasteiger partial charge in [-0.15, -0.1) is 11.3 Å². The van der Waals surface area contributed by atoms with Crippen LogP contribution in [0.3, 0.4) is 0 Å². The second-order valence-corrected chi connectivity index (χ2v) is 7.59. The van der Waals surface area contributed by atoms with E-state index >= 15 is 0 Å². The van der Waals surface area contributed by atoms with Crippen LogP contribution in [0.25, 0.3) is 5.57 Å². The highest BCUT2D eigenvalue weighted by Gasteiger charge is 2.17. The Morgan fingerprint density at radius 1 is 1.38 bits per heavy atom. The lowest BCUT2D eigenvalue weighted by atomic mass is 9.99. The maximum absolute atomic E-state index is 5.34. The molecular formula is C20H26N4OS. The van der Waals surface area contributed by atoms with Crippen molar-refractivity contribution in [3.05, 3.63) is 51.5 Å². The van der Waals surface area contributed by atoms with Crippen molar-refractivity contribution in [2.24, 2.45) is 4.99 Å². The molecule has 26 heavy (non-hydrogen) atoms. The van der Waals surface area contributed by atoms with Crippen molar-refractivity contribution >= 4 is 22.9 Å². The van der Waals surface area contributed by atoms with Crippen molar-refractivity contribution in [3.63, 3.8) is 0 Å². The number of nitrogens with zero attached hydrogens (tertiary/aromatic N) is 3. The third kappa shape index (κ3) is 4.25. The fourth-order valence-corrected chi connectivity index (χ4v) is 4.05. The maximum atomic E-state index is 5.34. The molecule has 0 aliphatic carbocycles. The van der Waals surface area contributed by atoms with E-state index in [-0.39, 0.29) is 0 Å².